The second-order valence-corrected chi connectivity index (χ2v) is 8.28. The third kappa shape index (κ3) is 6.17. The van der Waals surface area contributed by atoms with Crippen molar-refractivity contribution in [2.75, 3.05) is 20.0 Å². The lowest BCUT2D eigenvalue weighted by molar-refractivity contribution is -0.142. The fourth-order valence-electron chi connectivity index (χ4n) is 4.40. The normalized spacial score (nSPS) is 22.1. The van der Waals surface area contributed by atoms with Crippen LogP contribution in [0.5, 0.6) is 0 Å². The van der Waals surface area contributed by atoms with Crippen LogP contribution in [0, 0.1) is 5.92 Å². The molecule has 2 rings (SSSR count). The molecule has 5 N–H and O–H groups in total. The lowest BCUT2D eigenvalue weighted by atomic mass is 9.83. The zero-order chi connectivity index (χ0) is 21.6. The van der Waals surface area contributed by atoms with E-state index < -0.39 is 31.2 Å². The Bertz CT molecular complexity index is 585. The van der Waals surface area contributed by atoms with Gasteiger partial charge < -0.3 is 30.9 Å². The van der Waals surface area contributed by atoms with Crippen LogP contribution in [0.25, 0.3) is 0 Å². The number of rotatable bonds is 8. The van der Waals surface area contributed by atoms with Crippen LogP contribution in [0.2, 0.25) is 0 Å². The minimum atomic E-state index is -1.64. The van der Waals surface area contributed by atoms with E-state index in [0.717, 1.165) is 32.1 Å². The van der Waals surface area contributed by atoms with E-state index in [-0.39, 0.29) is 24.2 Å². The third-order valence-electron chi connectivity index (χ3n) is 6.12. The average molecular weight is 410 g/mol. The van der Waals surface area contributed by atoms with Gasteiger partial charge >= 0.3 is 7.12 Å². The molecule has 2 aliphatic rings. The summed E-state index contributed by atoms with van der Waals surface area (Å²) in [5.74, 6) is -0.757. The number of hydrogen-bond donors (Lipinski definition) is 4. The number of likely N-dealkylation sites (tertiary alicyclic amines) is 1. The standard InChI is InChI=1S/C19H35BN4O5/c1-3-14(18(26)23(2)12-20(28)29)22-17(25)15-10-7-11-24(15)19(27)16(21)13-8-5-4-6-9-13/h13-16,28-29H,3-12,21H2,1-2H3,(H,22,25)/t14-,15-,16-/m0/s1. The van der Waals surface area contributed by atoms with E-state index in [1.54, 1.807) is 11.8 Å². The number of nitrogens with two attached hydrogens (primary N) is 1. The van der Waals surface area contributed by atoms with Crippen LogP contribution in [-0.2, 0) is 14.4 Å². The molecule has 2 fully saturated rings. The van der Waals surface area contributed by atoms with Crippen molar-refractivity contribution in [1.82, 2.24) is 15.1 Å². The van der Waals surface area contributed by atoms with Gasteiger partial charge in [-0.25, -0.2) is 0 Å². The maximum atomic E-state index is 13.0. The van der Waals surface area contributed by atoms with Crippen molar-refractivity contribution in [1.29, 1.82) is 0 Å². The predicted molar refractivity (Wildman–Crippen MR) is 109 cm³/mol. The van der Waals surface area contributed by atoms with Crippen LogP contribution < -0.4 is 11.1 Å². The lowest BCUT2D eigenvalue weighted by Crippen LogP contribution is -2.56. The van der Waals surface area contributed by atoms with Gasteiger partial charge in [-0.3, -0.25) is 14.4 Å². The van der Waals surface area contributed by atoms with Crippen molar-refractivity contribution >= 4 is 24.8 Å². The van der Waals surface area contributed by atoms with Gasteiger partial charge in [-0.05, 0) is 38.0 Å². The molecule has 1 aliphatic carbocycles. The summed E-state index contributed by atoms with van der Waals surface area (Å²) in [6, 6.07) is -1.98. The molecule has 3 amide bonds. The van der Waals surface area contributed by atoms with E-state index in [9.17, 15) is 14.4 Å². The van der Waals surface area contributed by atoms with Gasteiger partial charge in [-0.1, -0.05) is 26.2 Å². The van der Waals surface area contributed by atoms with Gasteiger partial charge in [0.1, 0.15) is 12.1 Å². The van der Waals surface area contributed by atoms with Gasteiger partial charge in [0, 0.05) is 13.6 Å². The molecule has 1 saturated carbocycles. The van der Waals surface area contributed by atoms with Gasteiger partial charge in [-0.15, -0.1) is 0 Å². The van der Waals surface area contributed by atoms with E-state index >= 15 is 0 Å². The Hall–Kier alpha value is -1.65. The van der Waals surface area contributed by atoms with Crippen LogP contribution in [0.1, 0.15) is 58.3 Å². The Balaban J connectivity index is 1.98. The predicted octanol–water partition coefficient (Wildman–Crippen LogP) is -0.750. The van der Waals surface area contributed by atoms with Crippen molar-refractivity contribution in [2.24, 2.45) is 11.7 Å². The number of amides is 3. The third-order valence-corrected chi connectivity index (χ3v) is 6.12. The first-order valence-corrected chi connectivity index (χ1v) is 10.7. The Morgan fingerprint density at radius 2 is 1.83 bits per heavy atom. The maximum absolute atomic E-state index is 13.0. The molecular formula is C19H35BN4O5. The summed E-state index contributed by atoms with van der Waals surface area (Å²) < 4.78 is 0. The highest BCUT2D eigenvalue weighted by atomic mass is 16.4. The zero-order valence-electron chi connectivity index (χ0n) is 17.5. The molecular weight excluding hydrogens is 375 g/mol. The lowest BCUT2D eigenvalue weighted by Gasteiger charge is -2.32. The summed E-state index contributed by atoms with van der Waals surface area (Å²) in [7, 11) is -0.188. The molecule has 164 valence electrons. The molecule has 9 nitrogen and oxygen atoms in total. The van der Waals surface area contributed by atoms with Crippen LogP contribution in [0.15, 0.2) is 0 Å². The number of nitrogens with zero attached hydrogens (tertiary/aromatic N) is 2. The van der Waals surface area contributed by atoms with E-state index in [4.69, 9.17) is 15.8 Å². The molecule has 10 heteroatoms. The molecule has 3 atom stereocenters. The van der Waals surface area contributed by atoms with Crippen molar-refractivity contribution < 1.29 is 24.4 Å². The second kappa shape index (κ2) is 10.9. The Kier molecular flexibility index (Phi) is 8.91. The summed E-state index contributed by atoms with van der Waals surface area (Å²) in [4.78, 5) is 41.1. The maximum Gasteiger partial charge on any atom is 0.472 e. The number of nitrogens with one attached hydrogen (secondary N) is 1. The van der Waals surface area contributed by atoms with Gasteiger partial charge in [0.25, 0.3) is 0 Å². The van der Waals surface area contributed by atoms with E-state index in [2.05, 4.69) is 5.32 Å². The summed E-state index contributed by atoms with van der Waals surface area (Å²) in [6.07, 6.45) is 6.65. The molecule has 0 spiro atoms. The summed E-state index contributed by atoms with van der Waals surface area (Å²) in [5, 5.41) is 20.8. The van der Waals surface area contributed by atoms with Gasteiger partial charge in [0.15, 0.2) is 0 Å². The topological polar surface area (TPSA) is 136 Å². The van der Waals surface area contributed by atoms with Crippen LogP contribution in [0.3, 0.4) is 0 Å². The SMILES string of the molecule is CC[C@H](NC(=O)[C@@H]1CCCN1C(=O)[C@@H](N)C1CCCCC1)C(=O)N(C)CB(O)O. The second-order valence-electron chi connectivity index (χ2n) is 8.28. The molecule has 1 aliphatic heterocycles. The molecule has 0 radical (unpaired) electrons. The first-order chi connectivity index (χ1) is 13.8. The Morgan fingerprint density at radius 3 is 2.41 bits per heavy atom. The number of hydrogen-bond acceptors (Lipinski definition) is 6. The monoisotopic (exact) mass is 410 g/mol. The van der Waals surface area contributed by atoms with Crippen molar-refractivity contribution in [2.45, 2.75) is 76.4 Å². The smallest absolute Gasteiger partial charge is 0.426 e. The van der Waals surface area contributed by atoms with Crippen LogP contribution in [-0.4, -0.2) is 82.8 Å². The fourth-order valence-corrected chi connectivity index (χ4v) is 4.40. The highest BCUT2D eigenvalue weighted by Gasteiger charge is 2.39. The van der Waals surface area contributed by atoms with Crippen LogP contribution >= 0.6 is 0 Å². The molecule has 0 aromatic carbocycles. The Labute approximate surface area is 173 Å². The number of carbonyl (C=O) groups excluding carboxylic acids is 3. The molecule has 1 saturated heterocycles. The first-order valence-electron chi connectivity index (χ1n) is 10.7. The zero-order valence-corrected chi connectivity index (χ0v) is 17.5. The number of likely N-dealkylation sites (N-methyl/N-ethyl adjacent to an activating group) is 1. The van der Waals surface area contributed by atoms with Gasteiger partial charge in [0.05, 0.1) is 12.5 Å². The molecule has 29 heavy (non-hydrogen) atoms. The van der Waals surface area contributed by atoms with E-state index in [0.29, 0.717) is 19.4 Å². The highest BCUT2D eigenvalue weighted by Crippen LogP contribution is 2.28. The van der Waals surface area contributed by atoms with E-state index in [1.807, 2.05) is 0 Å². The largest absolute Gasteiger partial charge is 0.472 e. The molecule has 1 heterocycles. The van der Waals surface area contributed by atoms with Crippen molar-refractivity contribution in [3.8, 4) is 0 Å². The summed E-state index contributed by atoms with van der Waals surface area (Å²) in [6.45, 7) is 2.27. The van der Waals surface area contributed by atoms with Gasteiger partial charge in [-0.2, -0.15) is 0 Å². The molecule has 0 bridgehead atoms. The van der Waals surface area contributed by atoms with Crippen molar-refractivity contribution in [3.05, 3.63) is 0 Å². The first kappa shape index (κ1) is 23.6. The molecule has 0 unspecified atom stereocenters. The van der Waals surface area contributed by atoms with E-state index in [1.165, 1.54) is 18.4 Å². The quantitative estimate of drug-likeness (QED) is 0.389. The highest BCUT2D eigenvalue weighted by molar-refractivity contribution is 6.41. The Morgan fingerprint density at radius 1 is 1.17 bits per heavy atom. The minimum absolute atomic E-state index is 0.170. The molecule has 0 aromatic rings. The minimum Gasteiger partial charge on any atom is -0.426 e. The van der Waals surface area contributed by atoms with Gasteiger partial charge in [0.2, 0.25) is 17.7 Å². The van der Waals surface area contributed by atoms with Crippen molar-refractivity contribution in [3.63, 3.8) is 0 Å². The molecule has 0 aromatic heterocycles. The summed E-state index contributed by atoms with van der Waals surface area (Å²) >= 11 is 0. The average Bonchev–Trinajstić information content (AvgIpc) is 3.20. The summed E-state index contributed by atoms with van der Waals surface area (Å²) in [5.41, 5.74) is 6.26. The number of carbonyl (C=O) groups is 3. The fraction of sp³-hybridized carbons (Fsp3) is 0.842. The van der Waals surface area contributed by atoms with Crippen LogP contribution in [0.4, 0.5) is 0 Å².